The lowest BCUT2D eigenvalue weighted by atomic mass is 10.2. The molecule has 1 N–H and O–H groups in total. The summed E-state index contributed by atoms with van der Waals surface area (Å²) >= 11 is 1.64. The minimum atomic E-state index is -0.508. The van der Waals surface area contributed by atoms with Gasteiger partial charge in [-0.25, -0.2) is 0 Å². The van der Waals surface area contributed by atoms with E-state index in [9.17, 15) is 14.9 Å². The number of nitrogens with zero attached hydrogens (tertiary/aromatic N) is 2. The van der Waals surface area contributed by atoms with E-state index >= 15 is 0 Å². The summed E-state index contributed by atoms with van der Waals surface area (Å²) in [6.07, 6.45) is 0. The van der Waals surface area contributed by atoms with Gasteiger partial charge in [0.2, 0.25) is 5.91 Å². The molecule has 0 aliphatic heterocycles. The highest BCUT2D eigenvalue weighted by Gasteiger charge is 2.20. The number of hydrogen-bond acceptors (Lipinski definition) is 6. The summed E-state index contributed by atoms with van der Waals surface area (Å²) in [5, 5.41) is 15.6. The van der Waals surface area contributed by atoms with Crippen molar-refractivity contribution >= 4 is 28.6 Å². The number of thiophene rings is 1. The smallest absolute Gasteiger partial charge is 0.273 e. The fourth-order valence-corrected chi connectivity index (χ4v) is 2.89. The third-order valence-electron chi connectivity index (χ3n) is 3.68. The highest BCUT2D eigenvalue weighted by atomic mass is 32.1. The number of nitro groups is 1. The van der Waals surface area contributed by atoms with Crippen molar-refractivity contribution < 1.29 is 14.5 Å². The Labute approximate surface area is 144 Å². The van der Waals surface area contributed by atoms with Gasteiger partial charge in [0.15, 0.2) is 0 Å². The molecule has 0 spiro atoms. The number of carbonyl (C=O) groups excluding carboxylic acids is 1. The van der Waals surface area contributed by atoms with E-state index in [-0.39, 0.29) is 23.4 Å². The van der Waals surface area contributed by atoms with E-state index in [1.54, 1.807) is 18.3 Å². The average molecular weight is 349 g/mol. The van der Waals surface area contributed by atoms with E-state index in [1.807, 2.05) is 29.5 Å². The number of amides is 1. The summed E-state index contributed by atoms with van der Waals surface area (Å²) in [5.74, 6) is 0.0480. The van der Waals surface area contributed by atoms with Gasteiger partial charge >= 0.3 is 0 Å². The predicted octanol–water partition coefficient (Wildman–Crippen LogP) is 3.12. The third-order valence-corrected chi connectivity index (χ3v) is 4.54. The second-order valence-corrected chi connectivity index (χ2v) is 6.33. The quantitative estimate of drug-likeness (QED) is 0.613. The van der Waals surface area contributed by atoms with E-state index in [0.717, 1.165) is 0 Å². The van der Waals surface area contributed by atoms with Crippen molar-refractivity contribution in [3.05, 3.63) is 50.7 Å². The van der Waals surface area contributed by atoms with Crippen molar-refractivity contribution in [2.75, 3.05) is 19.5 Å². The molecule has 0 aliphatic carbocycles. The largest absolute Gasteiger partial charge is 0.494 e. The van der Waals surface area contributed by atoms with Crippen LogP contribution in [0.2, 0.25) is 0 Å². The van der Waals surface area contributed by atoms with Gasteiger partial charge in [0.25, 0.3) is 5.69 Å². The first-order chi connectivity index (χ1) is 11.4. The normalized spacial score (nSPS) is 12.0. The molecule has 0 unspecified atom stereocenters. The SMILES string of the molecule is COc1cc([N+](=O)[O-])ccc1NC(=O)[C@@H](C)N(C)Cc1cccs1. The molecule has 0 saturated heterocycles. The zero-order chi connectivity index (χ0) is 17.7. The van der Waals surface area contributed by atoms with Crippen molar-refractivity contribution in [1.82, 2.24) is 4.90 Å². The maximum absolute atomic E-state index is 12.4. The van der Waals surface area contributed by atoms with Crippen molar-refractivity contribution in [2.45, 2.75) is 19.5 Å². The molecule has 0 aliphatic rings. The van der Waals surface area contributed by atoms with Crippen LogP contribution in [0, 0.1) is 10.1 Å². The van der Waals surface area contributed by atoms with Crippen LogP contribution < -0.4 is 10.1 Å². The van der Waals surface area contributed by atoms with Crippen LogP contribution in [-0.2, 0) is 11.3 Å². The van der Waals surface area contributed by atoms with E-state index in [0.29, 0.717) is 12.2 Å². The molecule has 1 atom stereocenters. The van der Waals surface area contributed by atoms with Crippen LogP contribution in [-0.4, -0.2) is 35.9 Å². The molecule has 2 rings (SSSR count). The molecule has 24 heavy (non-hydrogen) atoms. The number of non-ortho nitro benzene ring substituents is 1. The summed E-state index contributed by atoms with van der Waals surface area (Å²) in [5.41, 5.74) is 0.317. The highest BCUT2D eigenvalue weighted by molar-refractivity contribution is 7.09. The molecule has 0 saturated carbocycles. The first kappa shape index (κ1) is 17.9. The lowest BCUT2D eigenvalue weighted by Gasteiger charge is -2.23. The van der Waals surface area contributed by atoms with Crippen LogP contribution in [0.25, 0.3) is 0 Å². The van der Waals surface area contributed by atoms with Gasteiger partial charge < -0.3 is 10.1 Å². The number of nitro benzene ring substituents is 1. The maximum atomic E-state index is 12.4. The lowest BCUT2D eigenvalue weighted by molar-refractivity contribution is -0.384. The van der Waals surface area contributed by atoms with Gasteiger partial charge in [0.05, 0.1) is 29.8 Å². The van der Waals surface area contributed by atoms with Crippen molar-refractivity contribution in [3.8, 4) is 5.75 Å². The van der Waals surface area contributed by atoms with Gasteiger partial charge in [-0.05, 0) is 31.5 Å². The van der Waals surface area contributed by atoms with Crippen LogP contribution >= 0.6 is 11.3 Å². The Balaban J connectivity index is 2.06. The van der Waals surface area contributed by atoms with Crippen LogP contribution in [0.3, 0.4) is 0 Å². The first-order valence-corrected chi connectivity index (χ1v) is 8.16. The Hall–Kier alpha value is -2.45. The molecular formula is C16H19N3O4S. The lowest BCUT2D eigenvalue weighted by Crippen LogP contribution is -2.39. The molecule has 1 heterocycles. The molecule has 1 amide bonds. The number of methoxy groups -OCH3 is 1. The second-order valence-electron chi connectivity index (χ2n) is 5.30. The van der Waals surface area contributed by atoms with E-state index < -0.39 is 4.92 Å². The average Bonchev–Trinajstić information content (AvgIpc) is 3.07. The zero-order valence-corrected chi connectivity index (χ0v) is 14.5. The number of rotatable bonds is 7. The van der Waals surface area contributed by atoms with E-state index in [1.165, 1.54) is 30.2 Å². The van der Waals surface area contributed by atoms with Crippen LogP contribution in [0.4, 0.5) is 11.4 Å². The topological polar surface area (TPSA) is 84.7 Å². The van der Waals surface area contributed by atoms with Gasteiger partial charge in [-0.1, -0.05) is 6.07 Å². The number of benzene rings is 1. The summed E-state index contributed by atoms with van der Waals surface area (Å²) in [6.45, 7) is 2.48. The Morgan fingerprint density at radius 1 is 1.46 bits per heavy atom. The Morgan fingerprint density at radius 3 is 2.79 bits per heavy atom. The summed E-state index contributed by atoms with van der Waals surface area (Å²) < 4.78 is 5.13. The zero-order valence-electron chi connectivity index (χ0n) is 13.7. The first-order valence-electron chi connectivity index (χ1n) is 7.28. The van der Waals surface area contributed by atoms with E-state index in [4.69, 9.17) is 4.74 Å². The maximum Gasteiger partial charge on any atom is 0.273 e. The highest BCUT2D eigenvalue weighted by Crippen LogP contribution is 2.29. The van der Waals surface area contributed by atoms with Gasteiger partial charge in [0.1, 0.15) is 5.75 Å². The standard InChI is InChI=1S/C16H19N3O4S/c1-11(18(2)10-13-5-4-8-24-13)16(20)17-14-7-6-12(19(21)22)9-15(14)23-3/h4-9,11H,10H2,1-3H3,(H,17,20)/t11-/m1/s1. The Kier molecular flexibility index (Phi) is 5.88. The minimum absolute atomic E-state index is 0.0901. The van der Waals surface area contributed by atoms with Crippen molar-refractivity contribution in [2.24, 2.45) is 0 Å². The fraction of sp³-hybridized carbons (Fsp3) is 0.312. The molecule has 8 heteroatoms. The van der Waals surface area contributed by atoms with Crippen LogP contribution in [0.1, 0.15) is 11.8 Å². The van der Waals surface area contributed by atoms with Gasteiger partial charge in [-0.15, -0.1) is 11.3 Å². The summed E-state index contributed by atoms with van der Waals surface area (Å²) in [6, 6.07) is 7.71. The van der Waals surface area contributed by atoms with Crippen LogP contribution in [0.15, 0.2) is 35.7 Å². The number of anilines is 1. The molecular weight excluding hydrogens is 330 g/mol. The molecule has 1 aromatic carbocycles. The van der Waals surface area contributed by atoms with Crippen LogP contribution in [0.5, 0.6) is 5.75 Å². The van der Waals surface area contributed by atoms with Gasteiger partial charge in [0, 0.05) is 17.5 Å². The molecule has 0 radical (unpaired) electrons. The Bertz CT molecular complexity index is 718. The fourth-order valence-electron chi connectivity index (χ4n) is 2.12. The minimum Gasteiger partial charge on any atom is -0.494 e. The number of nitrogens with one attached hydrogen (secondary N) is 1. The monoisotopic (exact) mass is 349 g/mol. The van der Waals surface area contributed by atoms with Gasteiger partial charge in [-0.3, -0.25) is 19.8 Å². The van der Waals surface area contributed by atoms with Crippen molar-refractivity contribution in [1.29, 1.82) is 0 Å². The Morgan fingerprint density at radius 2 is 2.21 bits per heavy atom. The predicted molar refractivity (Wildman–Crippen MR) is 93.5 cm³/mol. The van der Waals surface area contributed by atoms with Crippen molar-refractivity contribution in [3.63, 3.8) is 0 Å². The number of ether oxygens (including phenoxy) is 1. The summed E-state index contributed by atoms with van der Waals surface area (Å²) in [7, 11) is 3.28. The molecule has 7 nitrogen and oxygen atoms in total. The summed E-state index contributed by atoms with van der Waals surface area (Å²) in [4.78, 5) is 25.8. The molecule has 1 aromatic heterocycles. The molecule has 128 valence electrons. The third kappa shape index (κ3) is 4.30. The second kappa shape index (κ2) is 7.89. The van der Waals surface area contributed by atoms with E-state index in [2.05, 4.69) is 5.32 Å². The molecule has 0 bridgehead atoms. The number of likely N-dealkylation sites (N-methyl/N-ethyl adjacent to an activating group) is 1. The van der Waals surface area contributed by atoms with Gasteiger partial charge in [-0.2, -0.15) is 0 Å². The number of hydrogen-bond donors (Lipinski definition) is 1. The molecule has 2 aromatic rings. The molecule has 0 fully saturated rings. The number of carbonyl (C=O) groups is 1.